The molecule has 138 valence electrons. The van der Waals surface area contributed by atoms with Crippen molar-refractivity contribution in [3.05, 3.63) is 0 Å². The Bertz CT molecular complexity index is 336. The molecule has 0 aromatic carbocycles. The Morgan fingerprint density at radius 1 is 1.00 bits per heavy atom. The standard InChI is InChI=1S/C17H33N3O.2ClH/c1-3-17(4-2,14-18)16(21)20-11-7-10-19(12-13-20)15-8-5-6-9-15;;/h15H,3-14,18H2,1-2H3;2*1H. The van der Waals surface area contributed by atoms with Crippen molar-refractivity contribution in [3.8, 4) is 0 Å². The molecule has 1 heterocycles. The van der Waals surface area contributed by atoms with Gasteiger partial charge in [-0.25, -0.2) is 0 Å². The highest BCUT2D eigenvalue weighted by atomic mass is 35.5. The molecule has 0 aromatic heterocycles. The van der Waals surface area contributed by atoms with E-state index in [1.54, 1.807) is 0 Å². The minimum absolute atomic E-state index is 0. The largest absolute Gasteiger partial charge is 0.341 e. The molecule has 4 nitrogen and oxygen atoms in total. The van der Waals surface area contributed by atoms with E-state index in [0.717, 1.165) is 51.5 Å². The Hall–Kier alpha value is -0.0300. The summed E-state index contributed by atoms with van der Waals surface area (Å²) in [5, 5.41) is 0. The van der Waals surface area contributed by atoms with Gasteiger partial charge < -0.3 is 10.6 Å². The summed E-state index contributed by atoms with van der Waals surface area (Å²) in [4.78, 5) is 17.6. The lowest BCUT2D eigenvalue weighted by Gasteiger charge is -2.35. The van der Waals surface area contributed by atoms with Crippen LogP contribution in [0.5, 0.6) is 0 Å². The van der Waals surface area contributed by atoms with Gasteiger partial charge in [0.25, 0.3) is 0 Å². The summed E-state index contributed by atoms with van der Waals surface area (Å²) in [7, 11) is 0. The zero-order chi connectivity index (χ0) is 15.3. The molecule has 23 heavy (non-hydrogen) atoms. The van der Waals surface area contributed by atoms with Crippen LogP contribution in [0.25, 0.3) is 0 Å². The van der Waals surface area contributed by atoms with Crippen LogP contribution in [0.3, 0.4) is 0 Å². The minimum atomic E-state index is -0.331. The van der Waals surface area contributed by atoms with Crippen LogP contribution in [0, 0.1) is 5.41 Å². The summed E-state index contributed by atoms with van der Waals surface area (Å²) in [5.74, 6) is 0.295. The van der Waals surface area contributed by atoms with Gasteiger partial charge in [0.05, 0.1) is 5.41 Å². The lowest BCUT2D eigenvalue weighted by atomic mass is 9.81. The molecule has 1 aliphatic heterocycles. The third-order valence-corrected chi connectivity index (χ3v) is 5.86. The number of amides is 1. The third kappa shape index (κ3) is 5.22. The predicted octanol–water partition coefficient (Wildman–Crippen LogP) is 3.07. The summed E-state index contributed by atoms with van der Waals surface area (Å²) in [5.41, 5.74) is 5.61. The lowest BCUT2D eigenvalue weighted by molar-refractivity contribution is -0.142. The second-order valence-electron chi connectivity index (χ2n) is 6.81. The number of halogens is 2. The zero-order valence-electron chi connectivity index (χ0n) is 14.8. The first-order valence-corrected chi connectivity index (χ1v) is 8.90. The van der Waals surface area contributed by atoms with Crippen molar-refractivity contribution >= 4 is 30.7 Å². The van der Waals surface area contributed by atoms with Gasteiger partial charge in [0, 0.05) is 38.8 Å². The number of nitrogens with zero attached hydrogens (tertiary/aromatic N) is 2. The van der Waals surface area contributed by atoms with E-state index >= 15 is 0 Å². The highest BCUT2D eigenvalue weighted by Gasteiger charge is 2.37. The Labute approximate surface area is 154 Å². The predicted molar refractivity (Wildman–Crippen MR) is 102 cm³/mol. The van der Waals surface area contributed by atoms with Crippen molar-refractivity contribution in [2.45, 2.75) is 64.8 Å². The van der Waals surface area contributed by atoms with E-state index in [9.17, 15) is 4.79 Å². The number of carbonyl (C=O) groups excluding carboxylic acids is 1. The molecular weight excluding hydrogens is 333 g/mol. The van der Waals surface area contributed by atoms with Crippen molar-refractivity contribution in [2.24, 2.45) is 11.1 Å². The lowest BCUT2D eigenvalue weighted by Crippen LogP contribution is -2.49. The molecule has 1 aliphatic carbocycles. The Balaban J connectivity index is 0.00000242. The normalized spacial score (nSPS) is 20.6. The Morgan fingerprint density at radius 2 is 1.61 bits per heavy atom. The van der Waals surface area contributed by atoms with Gasteiger partial charge in [-0.05, 0) is 32.1 Å². The molecule has 0 spiro atoms. The van der Waals surface area contributed by atoms with Crippen LogP contribution >= 0.6 is 24.8 Å². The second-order valence-corrected chi connectivity index (χ2v) is 6.81. The van der Waals surface area contributed by atoms with Crippen LogP contribution < -0.4 is 5.73 Å². The van der Waals surface area contributed by atoms with Gasteiger partial charge in [0.2, 0.25) is 5.91 Å². The van der Waals surface area contributed by atoms with Crippen LogP contribution in [0.15, 0.2) is 0 Å². The molecule has 0 radical (unpaired) electrons. The molecule has 0 atom stereocenters. The molecule has 2 N–H and O–H groups in total. The quantitative estimate of drug-likeness (QED) is 0.811. The summed E-state index contributed by atoms with van der Waals surface area (Å²) in [6, 6.07) is 0.775. The highest BCUT2D eigenvalue weighted by molar-refractivity contribution is 5.85. The van der Waals surface area contributed by atoms with Crippen LogP contribution in [-0.2, 0) is 4.79 Å². The second kappa shape index (κ2) is 10.8. The molecule has 0 aromatic rings. The van der Waals surface area contributed by atoms with Crippen LogP contribution in [0.2, 0.25) is 0 Å². The molecule has 2 fully saturated rings. The maximum absolute atomic E-state index is 12.9. The van der Waals surface area contributed by atoms with Crippen molar-refractivity contribution in [2.75, 3.05) is 32.7 Å². The third-order valence-electron chi connectivity index (χ3n) is 5.86. The molecule has 2 aliphatic rings. The van der Waals surface area contributed by atoms with E-state index in [2.05, 4.69) is 23.6 Å². The summed E-state index contributed by atoms with van der Waals surface area (Å²) in [6.07, 6.45) is 8.27. The SMILES string of the molecule is CCC(CC)(CN)C(=O)N1CCCN(C2CCCC2)CC1.Cl.Cl. The molecule has 2 rings (SSSR count). The van der Waals surface area contributed by atoms with Gasteiger partial charge in [-0.2, -0.15) is 0 Å². The summed E-state index contributed by atoms with van der Waals surface area (Å²) < 4.78 is 0. The van der Waals surface area contributed by atoms with E-state index in [1.807, 2.05) is 0 Å². The van der Waals surface area contributed by atoms with E-state index in [-0.39, 0.29) is 30.2 Å². The number of nitrogens with two attached hydrogens (primary N) is 1. The van der Waals surface area contributed by atoms with E-state index < -0.39 is 0 Å². The number of carbonyl (C=O) groups is 1. The van der Waals surface area contributed by atoms with Crippen molar-refractivity contribution < 1.29 is 4.79 Å². The highest BCUT2D eigenvalue weighted by Crippen LogP contribution is 2.29. The first kappa shape index (κ1) is 23.0. The Morgan fingerprint density at radius 3 is 2.13 bits per heavy atom. The van der Waals surface area contributed by atoms with Gasteiger partial charge in [0.15, 0.2) is 0 Å². The van der Waals surface area contributed by atoms with Crippen LogP contribution in [0.1, 0.15) is 58.8 Å². The Kier molecular flexibility index (Phi) is 10.7. The molecule has 0 unspecified atom stereocenters. The first-order valence-electron chi connectivity index (χ1n) is 8.90. The minimum Gasteiger partial charge on any atom is -0.341 e. The number of hydrogen-bond acceptors (Lipinski definition) is 3. The van der Waals surface area contributed by atoms with Gasteiger partial charge in [0.1, 0.15) is 0 Å². The van der Waals surface area contributed by atoms with Crippen molar-refractivity contribution in [3.63, 3.8) is 0 Å². The number of rotatable bonds is 5. The van der Waals surface area contributed by atoms with Gasteiger partial charge >= 0.3 is 0 Å². The van der Waals surface area contributed by atoms with Crippen molar-refractivity contribution in [1.82, 2.24) is 9.80 Å². The maximum atomic E-state index is 12.9. The van der Waals surface area contributed by atoms with Gasteiger partial charge in [-0.15, -0.1) is 24.8 Å². The monoisotopic (exact) mass is 367 g/mol. The molecule has 1 amide bonds. The zero-order valence-corrected chi connectivity index (χ0v) is 16.4. The smallest absolute Gasteiger partial charge is 0.230 e. The molecule has 1 saturated carbocycles. The van der Waals surface area contributed by atoms with Gasteiger partial charge in [-0.3, -0.25) is 9.69 Å². The fourth-order valence-corrected chi connectivity index (χ4v) is 4.04. The van der Waals surface area contributed by atoms with E-state index in [0.29, 0.717) is 12.5 Å². The van der Waals surface area contributed by atoms with Crippen molar-refractivity contribution in [1.29, 1.82) is 0 Å². The topological polar surface area (TPSA) is 49.6 Å². The average molecular weight is 368 g/mol. The summed E-state index contributed by atoms with van der Waals surface area (Å²) >= 11 is 0. The fourth-order valence-electron chi connectivity index (χ4n) is 4.04. The van der Waals surface area contributed by atoms with Crippen LogP contribution in [0.4, 0.5) is 0 Å². The van der Waals surface area contributed by atoms with Crippen LogP contribution in [-0.4, -0.2) is 54.5 Å². The molecule has 1 saturated heterocycles. The van der Waals surface area contributed by atoms with Gasteiger partial charge in [-0.1, -0.05) is 26.7 Å². The maximum Gasteiger partial charge on any atom is 0.230 e. The average Bonchev–Trinajstić information content (AvgIpc) is 2.94. The molecule has 0 bridgehead atoms. The summed E-state index contributed by atoms with van der Waals surface area (Å²) in [6.45, 7) is 8.66. The van der Waals surface area contributed by atoms with E-state index in [1.165, 1.54) is 25.7 Å². The number of hydrogen-bond donors (Lipinski definition) is 1. The first-order chi connectivity index (χ1) is 10.2. The molecular formula is C17H35Cl2N3O. The fraction of sp³-hybridized carbons (Fsp3) is 0.941. The molecule has 6 heteroatoms. The van der Waals surface area contributed by atoms with E-state index in [4.69, 9.17) is 5.73 Å².